The van der Waals surface area contributed by atoms with E-state index < -0.39 is 0 Å². The molecule has 4 nitrogen and oxygen atoms in total. The molecular formula is C21H25NO3. The number of aryl methyl sites for hydroxylation is 1. The van der Waals surface area contributed by atoms with Gasteiger partial charge in [0, 0.05) is 13.1 Å². The van der Waals surface area contributed by atoms with Crippen LogP contribution in [-0.2, 0) is 11.2 Å². The number of hydrogen-bond donors (Lipinski definition) is 1. The van der Waals surface area contributed by atoms with E-state index in [2.05, 4.69) is 0 Å². The Morgan fingerprint density at radius 3 is 2.72 bits per heavy atom. The van der Waals surface area contributed by atoms with E-state index in [0.717, 1.165) is 37.2 Å². The van der Waals surface area contributed by atoms with Gasteiger partial charge in [-0.15, -0.1) is 0 Å². The smallest absolute Gasteiger partial charge is 0.260 e. The first kappa shape index (κ1) is 17.3. The second-order valence-corrected chi connectivity index (χ2v) is 6.85. The Hall–Kier alpha value is -2.49. The summed E-state index contributed by atoms with van der Waals surface area (Å²) in [5, 5.41) is 9.36. The third-order valence-corrected chi connectivity index (χ3v) is 5.01. The van der Waals surface area contributed by atoms with Gasteiger partial charge in [0.05, 0.1) is 0 Å². The molecule has 0 spiro atoms. The summed E-state index contributed by atoms with van der Waals surface area (Å²) in [4.78, 5) is 14.3. The lowest BCUT2D eigenvalue weighted by Gasteiger charge is -2.18. The van der Waals surface area contributed by atoms with Gasteiger partial charge >= 0.3 is 0 Å². The predicted molar refractivity (Wildman–Crippen MR) is 97.9 cm³/mol. The Labute approximate surface area is 149 Å². The Bertz CT molecular complexity index is 739. The lowest BCUT2D eigenvalue weighted by atomic mass is 9.99. The van der Waals surface area contributed by atoms with Crippen LogP contribution in [-0.4, -0.2) is 35.6 Å². The van der Waals surface area contributed by atoms with Crippen molar-refractivity contribution in [1.29, 1.82) is 0 Å². The van der Waals surface area contributed by atoms with Gasteiger partial charge in [-0.25, -0.2) is 0 Å². The average molecular weight is 339 g/mol. The Morgan fingerprint density at radius 1 is 1.20 bits per heavy atom. The summed E-state index contributed by atoms with van der Waals surface area (Å²) >= 11 is 0. The van der Waals surface area contributed by atoms with Crippen LogP contribution in [0.25, 0.3) is 0 Å². The van der Waals surface area contributed by atoms with E-state index in [-0.39, 0.29) is 18.3 Å². The van der Waals surface area contributed by atoms with Crippen LogP contribution in [0.15, 0.2) is 42.5 Å². The standard InChI is InChI=1S/C21H25NO3/c1-15-4-3-5-20(16(15)2)25-14-21(24)22-11-10-18(13-22)12-17-6-8-19(23)9-7-17/h3-9,18,23H,10-14H2,1-2H3. The fraction of sp³-hybridized carbons (Fsp3) is 0.381. The van der Waals surface area contributed by atoms with Crippen molar-refractivity contribution in [3.05, 3.63) is 59.2 Å². The highest BCUT2D eigenvalue weighted by atomic mass is 16.5. The van der Waals surface area contributed by atoms with Crippen LogP contribution in [0.2, 0.25) is 0 Å². The Morgan fingerprint density at radius 2 is 1.96 bits per heavy atom. The van der Waals surface area contributed by atoms with E-state index in [1.54, 1.807) is 12.1 Å². The van der Waals surface area contributed by atoms with Crippen molar-refractivity contribution >= 4 is 5.91 Å². The SMILES string of the molecule is Cc1cccc(OCC(=O)N2CCC(Cc3ccc(O)cc3)C2)c1C. The third-order valence-electron chi connectivity index (χ3n) is 5.01. The molecule has 0 radical (unpaired) electrons. The number of likely N-dealkylation sites (tertiary alicyclic amines) is 1. The number of carbonyl (C=O) groups is 1. The van der Waals surface area contributed by atoms with E-state index in [9.17, 15) is 9.90 Å². The van der Waals surface area contributed by atoms with E-state index in [0.29, 0.717) is 5.92 Å². The number of ether oxygens (including phenoxy) is 1. The quantitative estimate of drug-likeness (QED) is 0.907. The zero-order valence-electron chi connectivity index (χ0n) is 14.9. The lowest BCUT2D eigenvalue weighted by molar-refractivity contribution is -0.132. The first-order chi connectivity index (χ1) is 12.0. The molecule has 0 aliphatic carbocycles. The molecule has 1 amide bonds. The Balaban J connectivity index is 1.50. The second-order valence-electron chi connectivity index (χ2n) is 6.85. The van der Waals surface area contributed by atoms with Crippen LogP contribution in [0.5, 0.6) is 11.5 Å². The van der Waals surface area contributed by atoms with Gasteiger partial charge < -0.3 is 14.7 Å². The summed E-state index contributed by atoms with van der Waals surface area (Å²) in [7, 11) is 0. The molecule has 1 saturated heterocycles. The maximum absolute atomic E-state index is 12.4. The molecule has 1 N–H and O–H groups in total. The first-order valence-corrected chi connectivity index (χ1v) is 8.77. The molecule has 2 aromatic rings. The Kier molecular flexibility index (Phi) is 5.27. The number of phenolic OH excluding ortho intramolecular Hbond substituents is 1. The molecule has 1 fully saturated rings. The van der Waals surface area contributed by atoms with Crippen molar-refractivity contribution in [2.24, 2.45) is 5.92 Å². The highest BCUT2D eigenvalue weighted by Gasteiger charge is 2.26. The van der Waals surface area contributed by atoms with Crippen molar-refractivity contribution in [3.8, 4) is 11.5 Å². The molecule has 1 aliphatic rings. The van der Waals surface area contributed by atoms with Crippen molar-refractivity contribution in [2.45, 2.75) is 26.7 Å². The largest absolute Gasteiger partial charge is 0.508 e. The highest BCUT2D eigenvalue weighted by molar-refractivity contribution is 5.78. The van der Waals surface area contributed by atoms with Gasteiger partial charge in [-0.2, -0.15) is 0 Å². The molecule has 1 aliphatic heterocycles. The molecule has 2 aromatic carbocycles. The second kappa shape index (κ2) is 7.60. The number of rotatable bonds is 5. The average Bonchev–Trinajstić information content (AvgIpc) is 3.07. The maximum Gasteiger partial charge on any atom is 0.260 e. The van der Waals surface area contributed by atoms with Gasteiger partial charge in [0.2, 0.25) is 0 Å². The van der Waals surface area contributed by atoms with E-state index in [1.165, 1.54) is 11.1 Å². The van der Waals surface area contributed by atoms with Gasteiger partial charge in [-0.05, 0) is 67.5 Å². The van der Waals surface area contributed by atoms with E-state index in [1.807, 2.05) is 49.1 Å². The van der Waals surface area contributed by atoms with Gasteiger partial charge in [-0.3, -0.25) is 4.79 Å². The summed E-state index contributed by atoms with van der Waals surface area (Å²) in [5.74, 6) is 1.59. The minimum Gasteiger partial charge on any atom is -0.508 e. The van der Waals surface area contributed by atoms with Crippen molar-refractivity contribution in [1.82, 2.24) is 4.90 Å². The predicted octanol–water partition coefficient (Wildman–Crippen LogP) is 3.48. The number of hydrogen-bond acceptors (Lipinski definition) is 3. The molecule has 132 valence electrons. The van der Waals surface area contributed by atoms with E-state index >= 15 is 0 Å². The zero-order valence-corrected chi connectivity index (χ0v) is 14.9. The van der Waals surface area contributed by atoms with Gasteiger partial charge in [0.25, 0.3) is 5.91 Å². The van der Waals surface area contributed by atoms with Crippen LogP contribution < -0.4 is 4.74 Å². The fourth-order valence-electron chi connectivity index (χ4n) is 3.30. The van der Waals surface area contributed by atoms with Crippen LogP contribution in [0.3, 0.4) is 0 Å². The number of phenols is 1. The van der Waals surface area contributed by atoms with Crippen molar-refractivity contribution in [3.63, 3.8) is 0 Å². The molecule has 25 heavy (non-hydrogen) atoms. The first-order valence-electron chi connectivity index (χ1n) is 8.77. The molecule has 3 rings (SSSR count). The van der Waals surface area contributed by atoms with Gasteiger partial charge in [-0.1, -0.05) is 24.3 Å². The molecule has 0 bridgehead atoms. The van der Waals surface area contributed by atoms with Crippen LogP contribution in [0.4, 0.5) is 0 Å². The number of amides is 1. The molecule has 1 atom stereocenters. The van der Waals surface area contributed by atoms with E-state index in [4.69, 9.17) is 4.74 Å². The minimum atomic E-state index is 0.0501. The monoisotopic (exact) mass is 339 g/mol. The van der Waals surface area contributed by atoms with Crippen LogP contribution >= 0.6 is 0 Å². The summed E-state index contributed by atoms with van der Waals surface area (Å²) in [6, 6.07) is 13.2. The van der Waals surface area contributed by atoms with Crippen LogP contribution in [0.1, 0.15) is 23.1 Å². The third kappa shape index (κ3) is 4.32. The normalized spacial score (nSPS) is 16.9. The topological polar surface area (TPSA) is 49.8 Å². The van der Waals surface area contributed by atoms with Crippen molar-refractivity contribution < 1.29 is 14.6 Å². The molecule has 0 aromatic heterocycles. The molecular weight excluding hydrogens is 314 g/mol. The maximum atomic E-state index is 12.4. The molecule has 1 heterocycles. The number of nitrogens with zero attached hydrogens (tertiary/aromatic N) is 1. The summed E-state index contributed by atoms with van der Waals surface area (Å²) in [6.45, 7) is 5.71. The van der Waals surface area contributed by atoms with Gasteiger partial charge in [0.1, 0.15) is 11.5 Å². The molecule has 0 saturated carbocycles. The van der Waals surface area contributed by atoms with Crippen molar-refractivity contribution in [2.75, 3.05) is 19.7 Å². The highest BCUT2D eigenvalue weighted by Crippen LogP contribution is 2.23. The summed E-state index contributed by atoms with van der Waals surface area (Å²) in [5.41, 5.74) is 3.45. The summed E-state index contributed by atoms with van der Waals surface area (Å²) in [6.07, 6.45) is 1.94. The number of benzene rings is 2. The number of carbonyl (C=O) groups excluding carboxylic acids is 1. The van der Waals surface area contributed by atoms with Crippen LogP contribution in [0, 0.1) is 19.8 Å². The molecule has 4 heteroatoms. The van der Waals surface area contributed by atoms with Gasteiger partial charge in [0.15, 0.2) is 6.61 Å². The number of aromatic hydroxyl groups is 1. The zero-order chi connectivity index (χ0) is 17.8. The molecule has 1 unspecified atom stereocenters. The lowest BCUT2D eigenvalue weighted by Crippen LogP contribution is -2.33. The summed E-state index contributed by atoms with van der Waals surface area (Å²) < 4.78 is 5.74. The fourth-order valence-corrected chi connectivity index (χ4v) is 3.30. The minimum absolute atomic E-state index is 0.0501.